The second-order valence-electron chi connectivity index (χ2n) is 5.13. The molecule has 0 amide bonds. The molecule has 1 fully saturated rings. The van der Waals surface area contributed by atoms with E-state index in [1.54, 1.807) is 7.11 Å². The number of ether oxygens (including phenoxy) is 2. The van der Waals surface area contributed by atoms with Gasteiger partial charge in [0.25, 0.3) is 0 Å². The van der Waals surface area contributed by atoms with Crippen LogP contribution in [-0.4, -0.2) is 63.2 Å². The van der Waals surface area contributed by atoms with Gasteiger partial charge in [0.15, 0.2) is 0 Å². The summed E-state index contributed by atoms with van der Waals surface area (Å²) in [5.74, 6) is 0.424. The topological polar surface area (TPSA) is 41.9 Å². The third kappa shape index (κ3) is 7.31. The zero-order valence-corrected chi connectivity index (χ0v) is 11.8. The molecule has 1 N–H and O–H groups in total. The van der Waals surface area contributed by atoms with Crippen LogP contribution in [0.15, 0.2) is 0 Å². The van der Waals surface area contributed by atoms with Crippen molar-refractivity contribution in [3.8, 4) is 0 Å². The van der Waals surface area contributed by atoms with Crippen LogP contribution in [0.2, 0.25) is 0 Å². The summed E-state index contributed by atoms with van der Waals surface area (Å²) in [5, 5.41) is 9.24. The van der Waals surface area contributed by atoms with Crippen molar-refractivity contribution in [1.82, 2.24) is 4.90 Å². The van der Waals surface area contributed by atoms with Gasteiger partial charge in [-0.3, -0.25) is 4.90 Å². The van der Waals surface area contributed by atoms with Crippen molar-refractivity contribution in [2.45, 2.75) is 32.1 Å². The van der Waals surface area contributed by atoms with E-state index in [-0.39, 0.29) is 0 Å². The number of aliphatic hydroxyl groups excluding tert-OH is 1. The van der Waals surface area contributed by atoms with Crippen LogP contribution in [0.3, 0.4) is 0 Å². The smallest absolute Gasteiger partial charge is 0.0594 e. The molecule has 0 unspecified atom stereocenters. The van der Waals surface area contributed by atoms with Crippen LogP contribution in [0.1, 0.15) is 32.1 Å². The molecule has 1 atom stereocenters. The zero-order chi connectivity index (χ0) is 13.1. The lowest BCUT2D eigenvalue weighted by atomic mass is 9.99. The first-order valence-corrected chi connectivity index (χ1v) is 7.26. The first-order valence-electron chi connectivity index (χ1n) is 7.26. The van der Waals surface area contributed by atoms with E-state index >= 15 is 0 Å². The molecule has 0 aromatic carbocycles. The van der Waals surface area contributed by atoms with Crippen LogP contribution in [-0.2, 0) is 9.47 Å². The van der Waals surface area contributed by atoms with Gasteiger partial charge in [0.2, 0.25) is 0 Å². The zero-order valence-electron chi connectivity index (χ0n) is 11.8. The lowest BCUT2D eigenvalue weighted by Crippen LogP contribution is -2.36. The Morgan fingerprint density at radius 3 is 2.61 bits per heavy atom. The SMILES string of the molecule is COCC[C@H](CO)CCCCCN1CCOCC1. The van der Waals surface area contributed by atoms with Crippen molar-refractivity contribution in [2.75, 3.05) is 53.2 Å². The molecule has 0 bridgehead atoms. The molecule has 1 heterocycles. The minimum Gasteiger partial charge on any atom is -0.396 e. The van der Waals surface area contributed by atoms with Crippen LogP contribution in [0.4, 0.5) is 0 Å². The van der Waals surface area contributed by atoms with E-state index in [2.05, 4.69) is 4.90 Å². The van der Waals surface area contributed by atoms with Crippen LogP contribution in [0.5, 0.6) is 0 Å². The number of methoxy groups -OCH3 is 1. The second kappa shape index (κ2) is 10.7. The third-order valence-corrected chi connectivity index (χ3v) is 3.68. The highest BCUT2D eigenvalue weighted by Gasteiger charge is 2.10. The molecule has 1 rings (SSSR count). The molecule has 0 radical (unpaired) electrons. The van der Waals surface area contributed by atoms with Gasteiger partial charge in [0, 0.05) is 33.4 Å². The summed E-state index contributed by atoms with van der Waals surface area (Å²) in [6.45, 7) is 6.23. The van der Waals surface area contributed by atoms with E-state index < -0.39 is 0 Å². The highest BCUT2D eigenvalue weighted by Crippen LogP contribution is 2.13. The summed E-state index contributed by atoms with van der Waals surface area (Å²) in [4.78, 5) is 2.48. The number of hydrogen-bond donors (Lipinski definition) is 1. The number of aliphatic hydroxyl groups is 1. The summed E-state index contributed by atoms with van der Waals surface area (Å²) in [6, 6.07) is 0. The summed E-state index contributed by atoms with van der Waals surface area (Å²) in [7, 11) is 1.72. The van der Waals surface area contributed by atoms with Crippen molar-refractivity contribution in [3.63, 3.8) is 0 Å². The number of morpholine rings is 1. The first kappa shape index (κ1) is 15.9. The van der Waals surface area contributed by atoms with Crippen LogP contribution < -0.4 is 0 Å². The van der Waals surface area contributed by atoms with Gasteiger partial charge in [0.05, 0.1) is 13.2 Å². The molecule has 0 spiro atoms. The molecule has 0 saturated carbocycles. The molecule has 1 aliphatic heterocycles. The lowest BCUT2D eigenvalue weighted by Gasteiger charge is -2.26. The number of hydrogen-bond acceptors (Lipinski definition) is 4. The van der Waals surface area contributed by atoms with Crippen LogP contribution in [0, 0.1) is 5.92 Å². The monoisotopic (exact) mass is 259 g/mol. The molecule has 18 heavy (non-hydrogen) atoms. The Morgan fingerprint density at radius 1 is 1.17 bits per heavy atom. The highest BCUT2D eigenvalue weighted by molar-refractivity contribution is 4.63. The molecule has 1 saturated heterocycles. The molecule has 1 aliphatic rings. The van der Waals surface area contributed by atoms with Gasteiger partial charge in [-0.05, 0) is 31.7 Å². The van der Waals surface area contributed by atoms with Gasteiger partial charge in [-0.1, -0.05) is 12.8 Å². The predicted molar refractivity (Wildman–Crippen MR) is 72.8 cm³/mol. The minimum absolute atomic E-state index is 0.298. The fourth-order valence-corrected chi connectivity index (χ4v) is 2.38. The van der Waals surface area contributed by atoms with E-state index in [1.807, 2.05) is 0 Å². The summed E-state index contributed by atoms with van der Waals surface area (Å²) in [6.07, 6.45) is 5.86. The number of unbranched alkanes of at least 4 members (excludes halogenated alkanes) is 2. The summed E-state index contributed by atoms with van der Waals surface area (Å²) < 4.78 is 10.4. The fourth-order valence-electron chi connectivity index (χ4n) is 2.38. The Balaban J connectivity index is 1.93. The van der Waals surface area contributed by atoms with Crippen molar-refractivity contribution in [2.24, 2.45) is 5.92 Å². The largest absolute Gasteiger partial charge is 0.396 e. The second-order valence-corrected chi connectivity index (χ2v) is 5.13. The quantitative estimate of drug-likeness (QED) is 0.604. The molecule has 4 nitrogen and oxygen atoms in total. The maximum atomic E-state index is 9.24. The van der Waals surface area contributed by atoms with Crippen molar-refractivity contribution >= 4 is 0 Å². The van der Waals surface area contributed by atoms with E-state index in [9.17, 15) is 5.11 Å². The van der Waals surface area contributed by atoms with E-state index in [0.717, 1.165) is 45.8 Å². The molecular weight excluding hydrogens is 230 g/mol. The Labute approximate surface area is 111 Å². The average Bonchev–Trinajstić information content (AvgIpc) is 2.43. The summed E-state index contributed by atoms with van der Waals surface area (Å²) >= 11 is 0. The van der Waals surface area contributed by atoms with Crippen molar-refractivity contribution in [3.05, 3.63) is 0 Å². The fraction of sp³-hybridized carbons (Fsp3) is 1.00. The molecular formula is C14H29NO3. The van der Waals surface area contributed by atoms with Gasteiger partial charge in [0.1, 0.15) is 0 Å². The van der Waals surface area contributed by atoms with Gasteiger partial charge in [-0.2, -0.15) is 0 Å². The normalized spacial score (nSPS) is 19.0. The van der Waals surface area contributed by atoms with Crippen molar-refractivity contribution < 1.29 is 14.6 Å². The standard InChI is InChI=1S/C14H29NO3/c1-17-10-6-14(13-16)5-3-2-4-7-15-8-11-18-12-9-15/h14,16H,2-13H2,1H3/t14-/m1/s1. The maximum Gasteiger partial charge on any atom is 0.0594 e. The molecule has 4 heteroatoms. The van der Waals surface area contributed by atoms with Crippen LogP contribution >= 0.6 is 0 Å². The third-order valence-electron chi connectivity index (χ3n) is 3.68. The highest BCUT2D eigenvalue weighted by atomic mass is 16.5. The minimum atomic E-state index is 0.298. The Morgan fingerprint density at radius 2 is 1.94 bits per heavy atom. The molecule has 0 aromatic rings. The maximum absolute atomic E-state index is 9.24. The number of nitrogens with zero attached hydrogens (tertiary/aromatic N) is 1. The Bertz CT molecular complexity index is 184. The van der Waals surface area contributed by atoms with E-state index in [1.165, 1.54) is 25.8 Å². The Hall–Kier alpha value is -0.160. The molecule has 108 valence electrons. The Kier molecular flexibility index (Phi) is 9.48. The van der Waals surface area contributed by atoms with Gasteiger partial charge in [-0.25, -0.2) is 0 Å². The van der Waals surface area contributed by atoms with E-state index in [0.29, 0.717) is 12.5 Å². The lowest BCUT2D eigenvalue weighted by molar-refractivity contribution is 0.0370. The predicted octanol–water partition coefficient (Wildman–Crippen LogP) is 1.52. The van der Waals surface area contributed by atoms with Gasteiger partial charge < -0.3 is 14.6 Å². The first-order chi connectivity index (χ1) is 8.86. The summed E-state index contributed by atoms with van der Waals surface area (Å²) in [5.41, 5.74) is 0. The average molecular weight is 259 g/mol. The van der Waals surface area contributed by atoms with Gasteiger partial charge >= 0.3 is 0 Å². The molecule has 0 aliphatic carbocycles. The van der Waals surface area contributed by atoms with Crippen molar-refractivity contribution in [1.29, 1.82) is 0 Å². The number of rotatable bonds is 10. The van der Waals surface area contributed by atoms with Crippen LogP contribution in [0.25, 0.3) is 0 Å². The van der Waals surface area contributed by atoms with Gasteiger partial charge in [-0.15, -0.1) is 0 Å². The molecule has 0 aromatic heterocycles. The van der Waals surface area contributed by atoms with E-state index in [4.69, 9.17) is 9.47 Å².